The monoisotopic (exact) mass is 498 g/mol. The number of nitrogens with one attached hydrogen (secondary N) is 1. The molecule has 0 fully saturated rings. The number of alkyl halides is 1. The number of amides is 1. The molecule has 3 aromatic rings. The van der Waals surface area contributed by atoms with E-state index in [1.54, 1.807) is 20.8 Å². The Bertz CT molecular complexity index is 936. The molecule has 0 saturated carbocycles. The molecule has 1 unspecified atom stereocenters. The number of aromatic nitrogens is 1. The topological polar surface area (TPSA) is 43.3 Å². The summed E-state index contributed by atoms with van der Waals surface area (Å²) in [7, 11) is 0. The van der Waals surface area contributed by atoms with Crippen LogP contribution in [0.15, 0.2) is 45.3 Å². The van der Waals surface area contributed by atoms with E-state index in [0.29, 0.717) is 0 Å². The number of benzene rings is 2. The Morgan fingerprint density at radius 1 is 1.11 bits per heavy atom. The van der Waals surface area contributed by atoms with Gasteiger partial charge in [-0.05, 0) is 57.2 Å². The molecule has 7 heteroatoms. The van der Waals surface area contributed by atoms with Crippen LogP contribution >= 0.6 is 31.9 Å². The number of hydrogen-bond acceptors (Lipinski definition) is 2. The lowest BCUT2D eigenvalue weighted by atomic mass is 10.2. The van der Waals surface area contributed by atoms with Crippen LogP contribution in [0.2, 0.25) is 0 Å². The first-order valence-corrected chi connectivity index (χ1v) is 10.2. The Morgan fingerprint density at radius 3 is 2.11 bits per heavy atom. The molecule has 2 aromatic carbocycles. The van der Waals surface area contributed by atoms with Crippen LogP contribution in [-0.2, 0) is 11.3 Å². The molecule has 1 N–H and O–H groups in total. The molecule has 144 valence electrons. The molecule has 1 amide bonds. The summed E-state index contributed by atoms with van der Waals surface area (Å²) >= 11 is 7.01. The van der Waals surface area contributed by atoms with Crippen molar-refractivity contribution >= 4 is 59.8 Å². The van der Waals surface area contributed by atoms with Crippen molar-refractivity contribution in [3.8, 4) is 0 Å². The largest absolute Gasteiger partial charge is 0.444 e. The lowest BCUT2D eigenvalue weighted by Crippen LogP contribution is -2.36. The fourth-order valence-corrected chi connectivity index (χ4v) is 3.74. The van der Waals surface area contributed by atoms with Crippen LogP contribution in [0.1, 0.15) is 20.8 Å². The first-order chi connectivity index (χ1) is 12.6. The minimum atomic E-state index is -1.25. The van der Waals surface area contributed by atoms with Gasteiger partial charge in [-0.25, -0.2) is 9.18 Å². The van der Waals surface area contributed by atoms with Gasteiger partial charge in [-0.15, -0.1) is 0 Å². The van der Waals surface area contributed by atoms with E-state index in [0.717, 1.165) is 30.8 Å². The SMILES string of the molecule is CC(C)(C)OC(=O)NCC(F)Cn1c2ccc(Br)cc2c2cc(Br)ccc21. The number of fused-ring (bicyclic) bond motifs is 3. The van der Waals surface area contributed by atoms with Gasteiger partial charge in [0.1, 0.15) is 11.8 Å². The summed E-state index contributed by atoms with van der Waals surface area (Å²) in [6.07, 6.45) is -1.86. The Kier molecular flexibility index (Phi) is 5.82. The van der Waals surface area contributed by atoms with Crippen LogP contribution in [0.25, 0.3) is 21.8 Å². The van der Waals surface area contributed by atoms with E-state index in [1.165, 1.54) is 0 Å². The molecule has 0 spiro atoms. The third kappa shape index (κ3) is 4.82. The number of rotatable bonds is 4. The van der Waals surface area contributed by atoms with Crippen molar-refractivity contribution < 1.29 is 13.9 Å². The summed E-state index contributed by atoms with van der Waals surface area (Å²) in [5.41, 5.74) is 1.29. The molecule has 0 saturated heterocycles. The van der Waals surface area contributed by atoms with E-state index in [9.17, 15) is 9.18 Å². The molecule has 0 aliphatic carbocycles. The van der Waals surface area contributed by atoms with Crippen LogP contribution in [0.4, 0.5) is 9.18 Å². The number of hydrogen-bond donors (Lipinski definition) is 1. The molecule has 1 atom stereocenters. The Labute approximate surface area is 174 Å². The Morgan fingerprint density at radius 2 is 1.63 bits per heavy atom. The molecular weight excluding hydrogens is 479 g/mol. The van der Waals surface area contributed by atoms with Gasteiger partial charge in [0, 0.05) is 30.8 Å². The number of ether oxygens (including phenoxy) is 1. The fraction of sp³-hybridized carbons (Fsp3) is 0.350. The zero-order chi connectivity index (χ0) is 19.8. The molecule has 3 rings (SSSR count). The zero-order valence-electron chi connectivity index (χ0n) is 15.4. The predicted molar refractivity (Wildman–Crippen MR) is 114 cm³/mol. The van der Waals surface area contributed by atoms with Gasteiger partial charge < -0.3 is 14.6 Å². The van der Waals surface area contributed by atoms with Gasteiger partial charge in [0.05, 0.1) is 13.1 Å². The van der Waals surface area contributed by atoms with Gasteiger partial charge in [-0.2, -0.15) is 0 Å². The van der Waals surface area contributed by atoms with Crippen LogP contribution < -0.4 is 5.32 Å². The second-order valence-corrected chi connectivity index (χ2v) is 9.24. The maximum absolute atomic E-state index is 14.7. The minimum Gasteiger partial charge on any atom is -0.444 e. The summed E-state index contributed by atoms with van der Waals surface area (Å²) < 4.78 is 23.7. The Balaban J connectivity index is 1.84. The van der Waals surface area contributed by atoms with Gasteiger partial charge >= 0.3 is 6.09 Å². The molecule has 27 heavy (non-hydrogen) atoms. The smallest absolute Gasteiger partial charge is 0.407 e. The second kappa shape index (κ2) is 7.80. The standard InChI is InChI=1S/C20H21Br2FN2O2/c1-20(2,3)27-19(26)24-10-14(23)11-25-17-6-4-12(21)8-15(17)16-9-13(22)5-7-18(16)25/h4-9,14H,10-11H2,1-3H3,(H,24,26). The zero-order valence-corrected chi connectivity index (χ0v) is 18.5. The first-order valence-electron chi connectivity index (χ1n) is 8.62. The maximum atomic E-state index is 14.7. The van der Waals surface area contributed by atoms with Gasteiger partial charge in [-0.1, -0.05) is 31.9 Å². The molecule has 1 heterocycles. The van der Waals surface area contributed by atoms with Crippen LogP contribution in [-0.4, -0.2) is 29.0 Å². The van der Waals surface area contributed by atoms with Crippen LogP contribution in [0.3, 0.4) is 0 Å². The summed E-state index contributed by atoms with van der Waals surface area (Å²) in [5.74, 6) is 0. The molecular formula is C20H21Br2FN2O2. The van der Waals surface area contributed by atoms with Gasteiger partial charge in [0.15, 0.2) is 0 Å². The van der Waals surface area contributed by atoms with Crippen molar-refractivity contribution in [1.82, 2.24) is 9.88 Å². The number of alkyl carbamates (subject to hydrolysis) is 1. The lowest BCUT2D eigenvalue weighted by molar-refractivity contribution is 0.0511. The van der Waals surface area contributed by atoms with Crippen molar-refractivity contribution in [2.45, 2.75) is 39.1 Å². The van der Waals surface area contributed by atoms with E-state index in [4.69, 9.17) is 4.74 Å². The third-order valence-corrected chi connectivity index (χ3v) is 5.02. The number of nitrogens with zero attached hydrogens (tertiary/aromatic N) is 1. The molecule has 0 radical (unpaired) electrons. The maximum Gasteiger partial charge on any atom is 0.407 e. The van der Waals surface area contributed by atoms with Crippen molar-refractivity contribution in [3.63, 3.8) is 0 Å². The highest BCUT2D eigenvalue weighted by atomic mass is 79.9. The second-order valence-electron chi connectivity index (χ2n) is 7.41. The molecule has 0 bridgehead atoms. The molecule has 0 aliphatic rings. The van der Waals surface area contributed by atoms with Crippen molar-refractivity contribution in [2.24, 2.45) is 0 Å². The normalized spacial score (nSPS) is 13.1. The third-order valence-electron chi connectivity index (χ3n) is 4.04. The summed E-state index contributed by atoms with van der Waals surface area (Å²) in [6, 6.07) is 11.9. The summed E-state index contributed by atoms with van der Waals surface area (Å²) in [4.78, 5) is 11.7. The highest BCUT2D eigenvalue weighted by Gasteiger charge is 2.19. The average Bonchev–Trinajstić information content (AvgIpc) is 2.84. The van der Waals surface area contributed by atoms with Crippen LogP contribution in [0, 0.1) is 0 Å². The van der Waals surface area contributed by atoms with Crippen LogP contribution in [0.5, 0.6) is 0 Å². The molecule has 4 nitrogen and oxygen atoms in total. The van der Waals surface area contributed by atoms with Gasteiger partial charge in [0.2, 0.25) is 0 Å². The Hall–Kier alpha value is -1.60. The van der Waals surface area contributed by atoms with E-state index >= 15 is 0 Å². The predicted octanol–water partition coefficient (Wildman–Crippen LogP) is 6.18. The van der Waals surface area contributed by atoms with E-state index in [-0.39, 0.29) is 13.1 Å². The molecule has 0 aliphatic heterocycles. The number of carbonyl (C=O) groups excluding carboxylic acids is 1. The van der Waals surface area contributed by atoms with Gasteiger partial charge in [0.25, 0.3) is 0 Å². The quantitative estimate of drug-likeness (QED) is 0.465. The highest BCUT2D eigenvalue weighted by molar-refractivity contribution is 9.10. The summed E-state index contributed by atoms with van der Waals surface area (Å²) in [5, 5.41) is 4.60. The average molecular weight is 500 g/mol. The van der Waals surface area contributed by atoms with Crippen molar-refractivity contribution in [3.05, 3.63) is 45.3 Å². The first kappa shape index (κ1) is 20.1. The van der Waals surface area contributed by atoms with Gasteiger partial charge in [-0.3, -0.25) is 0 Å². The van der Waals surface area contributed by atoms with E-state index < -0.39 is 17.9 Å². The lowest BCUT2D eigenvalue weighted by Gasteiger charge is -2.20. The molecule has 1 aromatic heterocycles. The fourth-order valence-electron chi connectivity index (χ4n) is 3.02. The highest BCUT2D eigenvalue weighted by Crippen LogP contribution is 2.33. The number of halogens is 3. The van der Waals surface area contributed by atoms with E-state index in [2.05, 4.69) is 37.2 Å². The summed E-state index contributed by atoms with van der Waals surface area (Å²) in [6.45, 7) is 5.35. The van der Waals surface area contributed by atoms with Crippen molar-refractivity contribution in [1.29, 1.82) is 0 Å². The van der Waals surface area contributed by atoms with Crippen molar-refractivity contribution in [2.75, 3.05) is 6.54 Å². The van der Waals surface area contributed by atoms with E-state index in [1.807, 2.05) is 41.0 Å². The minimum absolute atomic E-state index is 0.108. The number of carbonyl (C=O) groups is 1.